The van der Waals surface area contributed by atoms with Crippen LogP contribution in [0.25, 0.3) is 22.4 Å². The van der Waals surface area contributed by atoms with Gasteiger partial charge in [-0.05, 0) is 61.6 Å². The molecule has 4 fully saturated rings. The van der Waals surface area contributed by atoms with E-state index in [1.54, 1.807) is 9.80 Å². The Balaban J connectivity index is 1.01. The minimum Gasteiger partial charge on any atom is -0.453 e. The van der Waals surface area contributed by atoms with Crippen molar-refractivity contribution in [3.63, 3.8) is 0 Å². The summed E-state index contributed by atoms with van der Waals surface area (Å²) in [5, 5.41) is 5.43. The molecule has 0 bridgehead atoms. The topological polar surface area (TPSA) is 162 Å². The Hall–Kier alpha value is -5.43. The van der Waals surface area contributed by atoms with Crippen molar-refractivity contribution in [1.82, 2.24) is 34.9 Å². The molecule has 4 saturated heterocycles. The number of urea groups is 1. The van der Waals surface area contributed by atoms with E-state index in [0.29, 0.717) is 76.3 Å². The zero-order valence-corrected chi connectivity index (χ0v) is 36.9. The number of H-pyrrole nitrogens is 1. The average molecular weight is 899 g/mol. The number of aromatic nitrogens is 2. The normalized spacial score (nSPS) is 21.1. The second-order valence-electron chi connectivity index (χ2n) is 18.3. The summed E-state index contributed by atoms with van der Waals surface area (Å²) >= 11 is 0. The van der Waals surface area contributed by atoms with Crippen LogP contribution in [0.15, 0.2) is 42.5 Å². The number of ether oxygens (including phenoxy) is 3. The van der Waals surface area contributed by atoms with Gasteiger partial charge in [0, 0.05) is 93.4 Å². The number of benzene rings is 2. The fourth-order valence-electron chi connectivity index (χ4n) is 9.32. The lowest BCUT2D eigenvalue weighted by atomic mass is 9.90. The van der Waals surface area contributed by atoms with Gasteiger partial charge in [-0.15, -0.1) is 13.2 Å². The fourth-order valence-corrected chi connectivity index (χ4v) is 9.32. The zero-order chi connectivity index (χ0) is 45.9. The summed E-state index contributed by atoms with van der Waals surface area (Å²) in [6, 6.07) is 8.49. The number of anilines is 1. The maximum atomic E-state index is 15.7. The smallest absolute Gasteiger partial charge is 0.453 e. The number of carbonyl (C=O) groups is 4. The van der Waals surface area contributed by atoms with Gasteiger partial charge in [-0.3, -0.25) is 14.5 Å². The van der Waals surface area contributed by atoms with Crippen LogP contribution in [0.1, 0.15) is 71.7 Å². The summed E-state index contributed by atoms with van der Waals surface area (Å²) in [5.41, 5.74) is 0.405. The molecule has 5 amide bonds. The summed E-state index contributed by atoms with van der Waals surface area (Å²) < 4.78 is 71.7. The van der Waals surface area contributed by atoms with Crippen LogP contribution in [-0.4, -0.2) is 138 Å². The minimum atomic E-state index is -5.04. The third-order valence-electron chi connectivity index (χ3n) is 12.7. The summed E-state index contributed by atoms with van der Waals surface area (Å²) in [4.78, 5) is 67.3. The Morgan fingerprint density at radius 3 is 2.17 bits per heavy atom. The Morgan fingerprint density at radius 1 is 0.891 bits per heavy atom. The number of rotatable bonds is 9. The Kier molecular flexibility index (Phi) is 14.1. The van der Waals surface area contributed by atoms with Gasteiger partial charge in [0.25, 0.3) is 0 Å². The molecule has 3 N–H and O–H groups in total. The molecule has 3 aromatic rings. The molecule has 5 heterocycles. The molecule has 0 spiro atoms. The number of imidazole rings is 1. The van der Waals surface area contributed by atoms with E-state index < -0.39 is 47.7 Å². The number of alkyl halides is 3. The number of nitrogens with one attached hydrogen (secondary N) is 3. The van der Waals surface area contributed by atoms with E-state index in [4.69, 9.17) is 9.47 Å². The molecule has 4 aliphatic rings. The molecular formula is C45H58F4N8O7. The van der Waals surface area contributed by atoms with Crippen molar-refractivity contribution in [2.45, 2.75) is 84.3 Å². The van der Waals surface area contributed by atoms with Gasteiger partial charge in [0.15, 0.2) is 0 Å². The quantitative estimate of drug-likeness (QED) is 0.192. The third kappa shape index (κ3) is 10.9. The van der Waals surface area contributed by atoms with Crippen molar-refractivity contribution >= 4 is 29.6 Å². The van der Waals surface area contributed by atoms with Crippen LogP contribution < -0.4 is 15.4 Å². The standard InChI is InChI=1S/C45H58F4N8O7/c1-27-24-34(57(26-27)40(58)37(52-43(61)62-5)30-14-22-63-23-15-30)39-51-36(38(46)53-39)29-8-6-28(7-9-29)33-11-10-31(25-35(33)64-45(47,48)49)50-42(60)56-16-12-32(13-17-56)54-18-20-55(21-19-54)41(59)44(2,3)4/h6-11,25,27,30,32,34,37H,12-24,26H2,1-5H3,(H,50,60)(H,51,53)(H,52,61)/t27-,34-,37+/m0/s1. The summed E-state index contributed by atoms with van der Waals surface area (Å²) in [6.07, 6.45) is -2.68. The number of piperazine rings is 1. The van der Waals surface area contributed by atoms with Crippen molar-refractivity contribution in [1.29, 1.82) is 0 Å². The molecule has 3 atom stereocenters. The third-order valence-corrected chi connectivity index (χ3v) is 12.7. The van der Waals surface area contributed by atoms with Crippen LogP contribution in [0.5, 0.6) is 5.75 Å². The van der Waals surface area contributed by atoms with Crippen molar-refractivity contribution in [3.8, 4) is 28.1 Å². The Morgan fingerprint density at radius 2 is 1.55 bits per heavy atom. The summed E-state index contributed by atoms with van der Waals surface area (Å²) in [6.45, 7) is 12.8. The van der Waals surface area contributed by atoms with Crippen LogP contribution in [0.2, 0.25) is 0 Å². The van der Waals surface area contributed by atoms with E-state index in [2.05, 4.69) is 30.2 Å². The van der Waals surface area contributed by atoms with Crippen LogP contribution in [-0.2, 0) is 19.1 Å². The lowest BCUT2D eigenvalue weighted by Crippen LogP contribution is -2.56. The van der Waals surface area contributed by atoms with E-state index in [1.165, 1.54) is 43.5 Å². The van der Waals surface area contributed by atoms with E-state index >= 15 is 4.39 Å². The van der Waals surface area contributed by atoms with Gasteiger partial charge in [0.05, 0.1) is 13.2 Å². The van der Waals surface area contributed by atoms with Crippen molar-refractivity contribution in [3.05, 3.63) is 54.2 Å². The number of nitrogens with zero attached hydrogens (tertiary/aromatic N) is 5. The SMILES string of the molecule is COC(=O)N[C@@H](C(=O)N1C[C@@H](C)C[C@H]1c1nc(-c2ccc(-c3ccc(NC(=O)N4CCC(N5CCN(C(=O)C(C)(C)C)CC5)CC4)cc3OC(F)(F)F)cc2)c(F)[nH]1)C1CCOCC1. The van der Waals surface area contributed by atoms with Gasteiger partial charge < -0.3 is 44.5 Å². The maximum absolute atomic E-state index is 15.7. The molecule has 0 unspecified atom stereocenters. The van der Waals surface area contributed by atoms with Gasteiger partial charge in [0.1, 0.15) is 23.3 Å². The molecule has 64 heavy (non-hydrogen) atoms. The van der Waals surface area contributed by atoms with E-state index in [1.807, 2.05) is 32.6 Å². The number of hydrogen-bond acceptors (Lipinski definition) is 9. The molecular weight excluding hydrogens is 841 g/mol. The fraction of sp³-hybridized carbons (Fsp3) is 0.578. The molecule has 15 nitrogen and oxygen atoms in total. The van der Waals surface area contributed by atoms with Gasteiger partial charge in [0.2, 0.25) is 17.8 Å². The first-order valence-electron chi connectivity index (χ1n) is 22.0. The van der Waals surface area contributed by atoms with Crippen LogP contribution >= 0.6 is 0 Å². The first-order chi connectivity index (χ1) is 30.4. The number of piperidine rings is 1. The lowest BCUT2D eigenvalue weighted by Gasteiger charge is -2.43. The monoisotopic (exact) mass is 898 g/mol. The minimum absolute atomic E-state index is 0.0359. The molecule has 7 rings (SSSR count). The summed E-state index contributed by atoms with van der Waals surface area (Å²) in [5.74, 6) is -1.38. The lowest BCUT2D eigenvalue weighted by molar-refractivity contribution is -0.274. The molecule has 1 aromatic heterocycles. The number of hydrogen-bond donors (Lipinski definition) is 3. The number of carbonyl (C=O) groups excluding carboxylic acids is 4. The average Bonchev–Trinajstić information content (AvgIpc) is 3.86. The molecule has 0 saturated carbocycles. The molecule has 348 valence electrons. The maximum Gasteiger partial charge on any atom is 0.573 e. The zero-order valence-electron chi connectivity index (χ0n) is 36.9. The Labute approximate surface area is 370 Å². The molecule has 0 radical (unpaired) electrons. The molecule has 0 aliphatic carbocycles. The number of halogens is 4. The van der Waals surface area contributed by atoms with E-state index in [0.717, 1.165) is 32.0 Å². The van der Waals surface area contributed by atoms with Crippen molar-refractivity contribution < 1.29 is 51.0 Å². The highest BCUT2D eigenvalue weighted by Gasteiger charge is 2.43. The molecule has 4 aliphatic heterocycles. The van der Waals surface area contributed by atoms with E-state index in [-0.39, 0.29) is 52.5 Å². The van der Waals surface area contributed by atoms with Crippen LogP contribution in [0.4, 0.5) is 32.8 Å². The van der Waals surface area contributed by atoms with Gasteiger partial charge in [-0.1, -0.05) is 52.0 Å². The Bertz CT molecular complexity index is 2140. The van der Waals surface area contributed by atoms with Crippen LogP contribution in [0.3, 0.4) is 0 Å². The summed E-state index contributed by atoms with van der Waals surface area (Å²) in [7, 11) is 1.23. The predicted octanol–water partition coefficient (Wildman–Crippen LogP) is 7.03. The van der Waals surface area contributed by atoms with Gasteiger partial charge in [-0.25, -0.2) is 14.6 Å². The predicted molar refractivity (Wildman–Crippen MR) is 228 cm³/mol. The molecule has 19 heteroatoms. The second-order valence-corrected chi connectivity index (χ2v) is 18.3. The highest BCUT2D eigenvalue weighted by molar-refractivity contribution is 5.91. The van der Waals surface area contributed by atoms with Gasteiger partial charge >= 0.3 is 18.5 Å². The first kappa shape index (κ1) is 46.6. The molecule has 2 aromatic carbocycles. The highest BCUT2D eigenvalue weighted by Crippen LogP contribution is 2.40. The number of methoxy groups -OCH3 is 1. The second kappa shape index (κ2) is 19.4. The van der Waals surface area contributed by atoms with Crippen LogP contribution in [0, 0.1) is 23.2 Å². The van der Waals surface area contributed by atoms with Crippen molar-refractivity contribution in [2.75, 3.05) is 71.5 Å². The van der Waals surface area contributed by atoms with Gasteiger partial charge in [-0.2, -0.15) is 4.39 Å². The highest BCUT2D eigenvalue weighted by atomic mass is 19.4. The largest absolute Gasteiger partial charge is 0.573 e. The van der Waals surface area contributed by atoms with Crippen molar-refractivity contribution in [2.24, 2.45) is 17.3 Å². The first-order valence-corrected chi connectivity index (χ1v) is 22.0. The number of likely N-dealkylation sites (tertiary alicyclic amines) is 2. The number of aromatic amines is 1. The van der Waals surface area contributed by atoms with E-state index in [9.17, 15) is 32.3 Å². The number of amides is 5. The number of alkyl carbamates (subject to hydrolysis) is 1.